The molecule has 0 amide bonds. The Hall–Kier alpha value is -1.09. The molecule has 0 aliphatic carbocycles. The van der Waals surface area contributed by atoms with Gasteiger partial charge in [-0.2, -0.15) is 0 Å². The number of nitrogens with zero attached hydrogens (tertiary/aromatic N) is 1. The van der Waals surface area contributed by atoms with E-state index < -0.39 is 0 Å². The molecule has 0 saturated heterocycles. The smallest absolute Gasteiger partial charge is 0.126 e. The van der Waals surface area contributed by atoms with Gasteiger partial charge in [-0.1, -0.05) is 32.8 Å². The second-order valence-corrected chi connectivity index (χ2v) is 4.20. The van der Waals surface area contributed by atoms with Gasteiger partial charge in [0.2, 0.25) is 0 Å². The first-order valence-corrected chi connectivity index (χ1v) is 6.64. The third-order valence-corrected chi connectivity index (χ3v) is 2.51. The molecule has 3 heteroatoms. The Morgan fingerprint density at radius 1 is 1.18 bits per heavy atom. The van der Waals surface area contributed by atoms with Crippen molar-refractivity contribution in [3.05, 3.63) is 23.9 Å². The lowest BCUT2D eigenvalue weighted by Gasteiger charge is -2.07. The quantitative estimate of drug-likeness (QED) is 0.665. The third kappa shape index (κ3) is 6.27. The molecule has 1 N–H and O–H groups in total. The minimum Gasteiger partial charge on any atom is -0.375 e. The number of ether oxygens (including phenoxy) is 1. The van der Waals surface area contributed by atoms with Gasteiger partial charge in [-0.25, -0.2) is 4.98 Å². The van der Waals surface area contributed by atoms with Gasteiger partial charge in [0, 0.05) is 13.2 Å². The molecule has 96 valence electrons. The van der Waals surface area contributed by atoms with Crippen molar-refractivity contribution in [2.45, 2.75) is 46.1 Å². The molecular weight excluding hydrogens is 212 g/mol. The Balaban J connectivity index is 2.27. The van der Waals surface area contributed by atoms with Crippen molar-refractivity contribution >= 4 is 5.82 Å². The Bertz CT molecular complexity index is 302. The Morgan fingerprint density at radius 3 is 2.82 bits per heavy atom. The van der Waals surface area contributed by atoms with Crippen LogP contribution < -0.4 is 5.32 Å². The predicted octanol–water partition coefficient (Wildman–Crippen LogP) is 3.61. The van der Waals surface area contributed by atoms with Crippen LogP contribution in [0.2, 0.25) is 0 Å². The summed E-state index contributed by atoms with van der Waals surface area (Å²) in [6.45, 7) is 6.76. The maximum Gasteiger partial charge on any atom is 0.126 e. The third-order valence-electron chi connectivity index (χ3n) is 2.51. The van der Waals surface area contributed by atoms with Crippen LogP contribution in [-0.2, 0) is 11.3 Å². The molecular formula is C14H24N2O. The van der Waals surface area contributed by atoms with Crippen molar-refractivity contribution in [3.63, 3.8) is 0 Å². The number of hydrogen-bond donors (Lipinski definition) is 1. The highest BCUT2D eigenvalue weighted by Gasteiger charge is 1.97. The van der Waals surface area contributed by atoms with Crippen molar-refractivity contribution < 1.29 is 4.74 Å². The fraction of sp³-hybridized carbons (Fsp3) is 0.643. The highest BCUT2D eigenvalue weighted by Crippen LogP contribution is 2.06. The first-order chi connectivity index (χ1) is 8.36. The topological polar surface area (TPSA) is 34.1 Å². The first kappa shape index (κ1) is 14.0. The summed E-state index contributed by atoms with van der Waals surface area (Å²) in [5.74, 6) is 0.946. The zero-order chi connectivity index (χ0) is 12.3. The van der Waals surface area contributed by atoms with Gasteiger partial charge in [-0.3, -0.25) is 0 Å². The minimum atomic E-state index is 0.616. The SMILES string of the molecule is CCCCCOCc1cccc(NCCC)n1. The molecule has 1 aromatic heterocycles. The van der Waals surface area contributed by atoms with Gasteiger partial charge in [-0.05, 0) is 25.0 Å². The lowest BCUT2D eigenvalue weighted by atomic mass is 10.3. The number of hydrogen-bond acceptors (Lipinski definition) is 3. The molecule has 0 spiro atoms. The summed E-state index contributed by atoms with van der Waals surface area (Å²) in [6.07, 6.45) is 4.73. The molecule has 0 aliphatic rings. The van der Waals surface area contributed by atoms with E-state index in [0.29, 0.717) is 6.61 Å². The number of rotatable bonds is 9. The Kier molecular flexibility index (Phi) is 7.39. The molecule has 0 aromatic carbocycles. The Morgan fingerprint density at radius 2 is 2.06 bits per heavy atom. The lowest BCUT2D eigenvalue weighted by molar-refractivity contribution is 0.114. The van der Waals surface area contributed by atoms with Gasteiger partial charge < -0.3 is 10.1 Å². The van der Waals surface area contributed by atoms with Crippen LogP contribution in [0.5, 0.6) is 0 Å². The maximum absolute atomic E-state index is 5.59. The van der Waals surface area contributed by atoms with Crippen molar-refractivity contribution in [2.24, 2.45) is 0 Å². The van der Waals surface area contributed by atoms with Gasteiger partial charge in [0.1, 0.15) is 5.82 Å². The predicted molar refractivity (Wildman–Crippen MR) is 72.2 cm³/mol. The first-order valence-electron chi connectivity index (χ1n) is 6.64. The summed E-state index contributed by atoms with van der Waals surface area (Å²) in [7, 11) is 0. The molecule has 1 aromatic rings. The molecule has 1 rings (SSSR count). The Labute approximate surface area is 105 Å². The molecule has 0 atom stereocenters. The largest absolute Gasteiger partial charge is 0.375 e. The second-order valence-electron chi connectivity index (χ2n) is 4.20. The monoisotopic (exact) mass is 236 g/mol. The highest BCUT2D eigenvalue weighted by atomic mass is 16.5. The van der Waals surface area contributed by atoms with E-state index in [4.69, 9.17) is 4.74 Å². The van der Waals surface area contributed by atoms with Crippen molar-refractivity contribution in [3.8, 4) is 0 Å². The summed E-state index contributed by atoms with van der Waals surface area (Å²) in [5.41, 5.74) is 1.00. The summed E-state index contributed by atoms with van der Waals surface area (Å²) < 4.78 is 5.59. The van der Waals surface area contributed by atoms with Gasteiger partial charge in [-0.15, -0.1) is 0 Å². The highest BCUT2D eigenvalue weighted by molar-refractivity contribution is 5.34. The average molecular weight is 236 g/mol. The van der Waals surface area contributed by atoms with Crippen LogP contribution >= 0.6 is 0 Å². The summed E-state index contributed by atoms with van der Waals surface area (Å²) in [4.78, 5) is 4.49. The normalized spacial score (nSPS) is 10.5. The van der Waals surface area contributed by atoms with E-state index in [1.165, 1.54) is 12.8 Å². The van der Waals surface area contributed by atoms with Crippen LogP contribution in [0.15, 0.2) is 18.2 Å². The van der Waals surface area contributed by atoms with Crippen LogP contribution in [0.3, 0.4) is 0 Å². The number of pyridine rings is 1. The van der Waals surface area contributed by atoms with Crippen molar-refractivity contribution in [2.75, 3.05) is 18.5 Å². The number of unbranched alkanes of at least 4 members (excludes halogenated alkanes) is 2. The molecule has 17 heavy (non-hydrogen) atoms. The van der Waals surface area contributed by atoms with Gasteiger partial charge in [0.15, 0.2) is 0 Å². The van der Waals surface area contributed by atoms with Gasteiger partial charge >= 0.3 is 0 Å². The molecule has 0 aliphatic heterocycles. The molecule has 0 fully saturated rings. The molecule has 3 nitrogen and oxygen atoms in total. The van der Waals surface area contributed by atoms with E-state index in [9.17, 15) is 0 Å². The van der Waals surface area contributed by atoms with E-state index in [2.05, 4.69) is 24.1 Å². The molecule has 1 heterocycles. The van der Waals surface area contributed by atoms with Crippen LogP contribution in [0.1, 0.15) is 45.2 Å². The van der Waals surface area contributed by atoms with E-state index in [1.807, 2.05) is 18.2 Å². The number of anilines is 1. The van der Waals surface area contributed by atoms with Gasteiger partial charge in [0.25, 0.3) is 0 Å². The standard InChI is InChI=1S/C14H24N2O/c1-3-5-6-11-17-12-13-8-7-9-14(16-13)15-10-4-2/h7-9H,3-6,10-12H2,1-2H3,(H,15,16). The fourth-order valence-corrected chi connectivity index (χ4v) is 1.54. The van der Waals surface area contributed by atoms with E-state index in [-0.39, 0.29) is 0 Å². The van der Waals surface area contributed by atoms with Crippen LogP contribution in [0.25, 0.3) is 0 Å². The zero-order valence-corrected chi connectivity index (χ0v) is 11.0. The van der Waals surface area contributed by atoms with Crippen molar-refractivity contribution in [1.82, 2.24) is 4.98 Å². The fourth-order valence-electron chi connectivity index (χ4n) is 1.54. The van der Waals surface area contributed by atoms with E-state index in [1.54, 1.807) is 0 Å². The zero-order valence-electron chi connectivity index (χ0n) is 11.0. The average Bonchev–Trinajstić information content (AvgIpc) is 2.37. The summed E-state index contributed by atoms with van der Waals surface area (Å²) in [6, 6.07) is 6.03. The number of nitrogens with one attached hydrogen (secondary N) is 1. The van der Waals surface area contributed by atoms with Crippen LogP contribution in [-0.4, -0.2) is 18.1 Å². The maximum atomic E-state index is 5.59. The van der Waals surface area contributed by atoms with Gasteiger partial charge in [0.05, 0.1) is 12.3 Å². The molecule has 0 saturated carbocycles. The molecule has 0 radical (unpaired) electrons. The molecule has 0 bridgehead atoms. The van der Waals surface area contributed by atoms with Crippen LogP contribution in [0.4, 0.5) is 5.82 Å². The van der Waals surface area contributed by atoms with Crippen LogP contribution in [0, 0.1) is 0 Å². The number of aromatic nitrogens is 1. The lowest BCUT2D eigenvalue weighted by Crippen LogP contribution is -2.04. The van der Waals surface area contributed by atoms with E-state index >= 15 is 0 Å². The molecule has 0 unspecified atom stereocenters. The van der Waals surface area contributed by atoms with E-state index in [0.717, 1.165) is 37.5 Å². The summed E-state index contributed by atoms with van der Waals surface area (Å²) >= 11 is 0. The minimum absolute atomic E-state index is 0.616. The second kappa shape index (κ2) is 8.99. The van der Waals surface area contributed by atoms with Crippen molar-refractivity contribution in [1.29, 1.82) is 0 Å². The summed E-state index contributed by atoms with van der Waals surface area (Å²) in [5, 5.41) is 3.28.